The average molecular weight is 492 g/mol. The lowest BCUT2D eigenvalue weighted by Gasteiger charge is -2.35. The summed E-state index contributed by atoms with van der Waals surface area (Å²) in [7, 11) is 1.61. The molecule has 0 saturated heterocycles. The molecule has 174 valence electrons. The van der Waals surface area contributed by atoms with E-state index < -0.39 is 11.9 Å². The number of rotatable bonds is 6. The maximum Gasteiger partial charge on any atom is 0.337 e. The molecule has 0 radical (unpaired) electrons. The fourth-order valence-electron chi connectivity index (χ4n) is 4.72. The first-order chi connectivity index (χ1) is 16.5. The number of carbonyl (C=O) groups excluding carboxylic acids is 2. The van der Waals surface area contributed by atoms with Gasteiger partial charge in [-0.1, -0.05) is 24.3 Å². The number of Topliss-reactive ketones (excluding diaryl/α,β-unsaturated/α-hetero) is 1. The molecule has 3 aromatic rings. The quantitative estimate of drug-likeness (QED) is 0.434. The third kappa shape index (κ3) is 4.33. The van der Waals surface area contributed by atoms with Gasteiger partial charge in [0.1, 0.15) is 12.4 Å². The van der Waals surface area contributed by atoms with Crippen molar-refractivity contribution >= 4 is 34.4 Å². The minimum absolute atomic E-state index is 0.0958. The monoisotopic (exact) mass is 491 g/mol. The lowest BCUT2D eigenvalue weighted by Crippen LogP contribution is -2.35. The molecule has 7 heteroatoms. The molecule has 2 atom stereocenters. The van der Waals surface area contributed by atoms with Crippen LogP contribution in [0.2, 0.25) is 0 Å². The van der Waals surface area contributed by atoms with E-state index in [4.69, 9.17) is 9.47 Å². The van der Waals surface area contributed by atoms with Crippen molar-refractivity contribution in [3.63, 3.8) is 0 Å². The first-order valence-corrected chi connectivity index (χ1v) is 12.9. The highest BCUT2D eigenvalue weighted by atomic mass is 32.1. The number of carbonyl (C=O) groups is 2. The van der Waals surface area contributed by atoms with Crippen molar-refractivity contribution in [2.45, 2.75) is 38.2 Å². The molecule has 1 aliphatic carbocycles. The number of nitrogens with one attached hydrogen (secondary N) is 1. The predicted octanol–water partition coefficient (Wildman–Crippen LogP) is 5.92. The van der Waals surface area contributed by atoms with Crippen molar-refractivity contribution in [3.8, 4) is 5.75 Å². The molecule has 2 aliphatic rings. The van der Waals surface area contributed by atoms with E-state index in [2.05, 4.69) is 16.8 Å². The second-order valence-electron chi connectivity index (χ2n) is 8.47. The van der Waals surface area contributed by atoms with Gasteiger partial charge in [0.05, 0.1) is 18.6 Å². The smallest absolute Gasteiger partial charge is 0.337 e. The van der Waals surface area contributed by atoms with Gasteiger partial charge < -0.3 is 14.8 Å². The molecule has 1 N–H and O–H groups in total. The molecule has 0 fully saturated rings. The van der Waals surface area contributed by atoms with Crippen LogP contribution in [0.4, 0.5) is 0 Å². The van der Waals surface area contributed by atoms with Crippen LogP contribution in [-0.4, -0.2) is 18.9 Å². The summed E-state index contributed by atoms with van der Waals surface area (Å²) in [5, 5.41) is 7.44. The van der Waals surface area contributed by atoms with E-state index in [-0.39, 0.29) is 18.3 Å². The molecule has 1 aromatic carbocycles. The highest BCUT2D eigenvalue weighted by Crippen LogP contribution is 2.47. The molecule has 2 aromatic heterocycles. The van der Waals surface area contributed by atoms with Gasteiger partial charge >= 0.3 is 5.97 Å². The summed E-state index contributed by atoms with van der Waals surface area (Å²) in [5.74, 6) is 0.201. The van der Waals surface area contributed by atoms with Crippen LogP contribution >= 0.6 is 22.7 Å². The summed E-state index contributed by atoms with van der Waals surface area (Å²) in [4.78, 5) is 29.1. The number of methoxy groups -OCH3 is 1. The summed E-state index contributed by atoms with van der Waals surface area (Å²) in [5.41, 5.74) is 3.76. The van der Waals surface area contributed by atoms with Crippen LogP contribution in [0.3, 0.4) is 0 Å². The summed E-state index contributed by atoms with van der Waals surface area (Å²) >= 11 is 3.25. The topological polar surface area (TPSA) is 64.6 Å². The zero-order chi connectivity index (χ0) is 23.7. The molecule has 1 aliphatic heterocycles. The average Bonchev–Trinajstić information content (AvgIpc) is 3.56. The lowest BCUT2D eigenvalue weighted by atomic mass is 9.74. The van der Waals surface area contributed by atoms with Crippen LogP contribution in [0.5, 0.6) is 5.75 Å². The number of dihydropyridines is 1. The molecule has 0 saturated carbocycles. The van der Waals surface area contributed by atoms with Crippen LogP contribution in [0, 0.1) is 0 Å². The zero-order valence-electron chi connectivity index (χ0n) is 19.0. The Hall–Kier alpha value is -3.16. The number of hydrogen-bond donors (Lipinski definition) is 1. The van der Waals surface area contributed by atoms with Crippen molar-refractivity contribution in [1.29, 1.82) is 0 Å². The van der Waals surface area contributed by atoms with E-state index in [1.54, 1.807) is 29.8 Å². The Morgan fingerprint density at radius 3 is 2.38 bits per heavy atom. The fraction of sp³-hybridized carbons (Fsp3) is 0.259. The summed E-state index contributed by atoms with van der Waals surface area (Å²) in [6.45, 7) is 2.05. The maximum absolute atomic E-state index is 13.5. The van der Waals surface area contributed by atoms with Gasteiger partial charge in [-0.2, -0.15) is 0 Å². The molecule has 5 rings (SSSR count). The molecule has 34 heavy (non-hydrogen) atoms. The van der Waals surface area contributed by atoms with Crippen molar-refractivity contribution in [2.75, 3.05) is 7.11 Å². The fourth-order valence-corrected chi connectivity index (χ4v) is 6.40. The molecule has 5 nitrogen and oxygen atoms in total. The molecule has 0 unspecified atom stereocenters. The van der Waals surface area contributed by atoms with Crippen LogP contribution in [-0.2, 0) is 20.9 Å². The number of allylic oxidation sites excluding steroid dienone is 3. The number of ketones is 1. The van der Waals surface area contributed by atoms with Gasteiger partial charge in [-0.25, -0.2) is 4.79 Å². The molecule has 3 heterocycles. The van der Waals surface area contributed by atoms with Crippen LogP contribution in [0.25, 0.3) is 0 Å². The predicted molar refractivity (Wildman–Crippen MR) is 134 cm³/mol. The third-order valence-electron chi connectivity index (χ3n) is 6.35. The van der Waals surface area contributed by atoms with E-state index in [0.717, 1.165) is 34.0 Å². The molecule has 0 spiro atoms. The van der Waals surface area contributed by atoms with Gasteiger partial charge in [0.15, 0.2) is 5.78 Å². The second kappa shape index (κ2) is 9.60. The van der Waals surface area contributed by atoms with Gasteiger partial charge in [0.25, 0.3) is 0 Å². The highest BCUT2D eigenvalue weighted by Gasteiger charge is 2.42. The van der Waals surface area contributed by atoms with Crippen molar-refractivity contribution < 1.29 is 19.1 Å². The SMILES string of the molecule is COc1ccc(COC(=O)C2=C(C)NC3=C(C(=O)C[C@@H](c4cccs4)C3)[C@H]2c2cccs2)cc1. The molecular formula is C27H25NO4S2. The first-order valence-electron chi connectivity index (χ1n) is 11.2. The Balaban J connectivity index is 1.43. The lowest BCUT2D eigenvalue weighted by molar-refractivity contribution is -0.140. The Morgan fingerprint density at radius 2 is 1.74 bits per heavy atom. The number of thiophene rings is 2. The van der Waals surface area contributed by atoms with Gasteiger partial charge in [0, 0.05) is 39.1 Å². The van der Waals surface area contributed by atoms with Crippen molar-refractivity contribution in [1.82, 2.24) is 5.32 Å². The van der Waals surface area contributed by atoms with E-state index in [1.165, 1.54) is 4.88 Å². The van der Waals surface area contributed by atoms with Crippen LogP contribution in [0.1, 0.15) is 46.9 Å². The molecule has 0 amide bonds. The van der Waals surface area contributed by atoms with Gasteiger partial charge in [-0.05, 0) is 53.9 Å². The Morgan fingerprint density at radius 1 is 1.03 bits per heavy atom. The Labute approximate surface area is 206 Å². The minimum Gasteiger partial charge on any atom is -0.497 e. The number of benzene rings is 1. The van der Waals surface area contributed by atoms with Crippen molar-refractivity contribution in [3.05, 3.63) is 97.1 Å². The number of esters is 1. The van der Waals surface area contributed by atoms with E-state index in [0.29, 0.717) is 17.6 Å². The second-order valence-corrected chi connectivity index (χ2v) is 10.4. The summed E-state index contributed by atoms with van der Waals surface area (Å²) < 4.78 is 10.9. The summed E-state index contributed by atoms with van der Waals surface area (Å²) in [6, 6.07) is 15.5. The van der Waals surface area contributed by atoms with Crippen LogP contribution < -0.4 is 10.1 Å². The Kier molecular flexibility index (Phi) is 6.39. The molecule has 0 bridgehead atoms. The number of ether oxygens (including phenoxy) is 2. The normalized spacial score (nSPS) is 20.1. The largest absolute Gasteiger partial charge is 0.497 e. The summed E-state index contributed by atoms with van der Waals surface area (Å²) in [6.07, 6.45) is 1.21. The first kappa shape index (κ1) is 22.6. The minimum atomic E-state index is -0.406. The van der Waals surface area contributed by atoms with Crippen LogP contribution in [0.15, 0.2) is 81.8 Å². The Bertz CT molecular complexity index is 1250. The van der Waals surface area contributed by atoms with Gasteiger partial charge in [-0.15, -0.1) is 22.7 Å². The van der Waals surface area contributed by atoms with Gasteiger partial charge in [0.2, 0.25) is 0 Å². The van der Waals surface area contributed by atoms with E-state index in [1.807, 2.05) is 54.8 Å². The third-order valence-corrected chi connectivity index (χ3v) is 8.32. The van der Waals surface area contributed by atoms with Crippen molar-refractivity contribution in [2.24, 2.45) is 0 Å². The number of hydrogen-bond acceptors (Lipinski definition) is 7. The van der Waals surface area contributed by atoms with Gasteiger partial charge in [-0.3, -0.25) is 4.79 Å². The molecular weight excluding hydrogens is 466 g/mol. The van der Waals surface area contributed by atoms with E-state index >= 15 is 0 Å². The maximum atomic E-state index is 13.5. The standard InChI is InChI=1S/C27H25NO4S2/c1-16-24(27(30)32-15-17-7-9-19(31-2)10-8-17)26(23-6-4-12-34-23)25-20(28-16)13-18(14-21(25)29)22-5-3-11-33-22/h3-12,18,26,28H,13-15H2,1-2H3/t18-,26-/m0/s1. The van der Waals surface area contributed by atoms with E-state index in [9.17, 15) is 9.59 Å². The zero-order valence-corrected chi connectivity index (χ0v) is 20.6. The highest BCUT2D eigenvalue weighted by molar-refractivity contribution is 7.10.